The third kappa shape index (κ3) is 26.5. The fourth-order valence-electron chi connectivity index (χ4n) is 9.18. The van der Waals surface area contributed by atoms with Gasteiger partial charge >= 0.3 is 23.9 Å². The molecule has 0 amide bonds. The van der Waals surface area contributed by atoms with Gasteiger partial charge in [0.25, 0.3) is 0 Å². The Kier molecular flexibility index (Phi) is 35.9. The predicted molar refractivity (Wildman–Crippen MR) is 326 cm³/mol. The number of carbonyl (C=O) groups excluding carboxylic acids is 4. The second-order valence-corrected chi connectivity index (χ2v) is 21.7. The summed E-state index contributed by atoms with van der Waals surface area (Å²) in [7, 11) is 1.34. The van der Waals surface area contributed by atoms with Crippen LogP contribution in [0.2, 0.25) is 0 Å². The van der Waals surface area contributed by atoms with Gasteiger partial charge in [0, 0.05) is 35.4 Å². The summed E-state index contributed by atoms with van der Waals surface area (Å²) in [6.45, 7) is 18.4. The molecule has 2 atom stereocenters. The monoisotopic (exact) mass is 1140 g/mol. The lowest BCUT2D eigenvalue weighted by molar-refractivity contribution is -0.163. The molecule has 1 N–H and O–H groups in total. The van der Waals surface area contributed by atoms with Gasteiger partial charge in [-0.15, -0.1) is 0 Å². The number of carbonyl (C=O) groups is 4. The first-order valence-electron chi connectivity index (χ1n) is 31.1. The van der Waals surface area contributed by atoms with Gasteiger partial charge in [-0.2, -0.15) is 0 Å². The van der Waals surface area contributed by atoms with E-state index in [0.29, 0.717) is 97.7 Å². The van der Waals surface area contributed by atoms with Crippen LogP contribution in [-0.4, -0.2) is 75.7 Å². The molecular weight excluding hydrogens is 1040 g/mol. The van der Waals surface area contributed by atoms with E-state index in [2.05, 4.69) is 34.6 Å². The quantitative estimate of drug-likeness (QED) is 0.0245. The van der Waals surface area contributed by atoms with Crippen molar-refractivity contribution in [3.8, 4) is 40.2 Å². The first-order chi connectivity index (χ1) is 39.8. The minimum atomic E-state index is -1.05. The van der Waals surface area contributed by atoms with Gasteiger partial charge in [-0.1, -0.05) is 150 Å². The van der Waals surface area contributed by atoms with E-state index in [0.717, 1.165) is 128 Å². The minimum Gasteiger partial charge on any atom is -0.490 e. The number of esters is 4. The van der Waals surface area contributed by atoms with Crippen LogP contribution in [0.25, 0.3) is 12.2 Å². The zero-order valence-electron chi connectivity index (χ0n) is 51.6. The van der Waals surface area contributed by atoms with Crippen LogP contribution >= 0.6 is 0 Å². The summed E-state index contributed by atoms with van der Waals surface area (Å²) in [6.07, 6.45) is 26.8. The first kappa shape index (κ1) is 70.2. The van der Waals surface area contributed by atoms with Crippen LogP contribution in [0, 0.1) is 11.3 Å². The maximum atomic E-state index is 14.1. The van der Waals surface area contributed by atoms with Crippen LogP contribution in [0.5, 0.6) is 40.2 Å². The van der Waals surface area contributed by atoms with Crippen LogP contribution in [0.1, 0.15) is 232 Å². The van der Waals surface area contributed by atoms with Gasteiger partial charge in [0.05, 0.1) is 51.5 Å². The van der Waals surface area contributed by atoms with E-state index in [1.54, 1.807) is 56.3 Å². The molecular formula is C68H102O14. The van der Waals surface area contributed by atoms with Gasteiger partial charge in [0.2, 0.25) is 5.75 Å². The van der Waals surface area contributed by atoms with E-state index < -0.39 is 35.3 Å². The van der Waals surface area contributed by atoms with Crippen molar-refractivity contribution in [2.75, 3.05) is 46.8 Å². The normalized spacial score (nSPS) is 12.3. The molecule has 14 heteroatoms. The van der Waals surface area contributed by atoms with Crippen molar-refractivity contribution in [3.05, 3.63) is 77.4 Å². The van der Waals surface area contributed by atoms with Gasteiger partial charge in [0.15, 0.2) is 23.0 Å². The molecule has 0 spiro atoms. The third-order valence-corrected chi connectivity index (χ3v) is 14.1. The molecule has 0 aliphatic rings. The zero-order chi connectivity index (χ0) is 59.8. The Labute approximate surface area is 492 Å². The summed E-state index contributed by atoms with van der Waals surface area (Å²) in [6, 6.07) is 13.6. The Morgan fingerprint density at radius 1 is 0.500 bits per heavy atom. The molecule has 0 bridgehead atoms. The summed E-state index contributed by atoms with van der Waals surface area (Å²) >= 11 is 0. The van der Waals surface area contributed by atoms with Crippen molar-refractivity contribution in [1.82, 2.24) is 0 Å². The smallest absolute Gasteiger partial charge is 0.336 e. The van der Waals surface area contributed by atoms with Crippen molar-refractivity contribution < 1.29 is 66.9 Å². The van der Waals surface area contributed by atoms with Crippen molar-refractivity contribution >= 4 is 36.0 Å². The molecule has 2 unspecified atom stereocenters. The highest BCUT2D eigenvalue weighted by atomic mass is 16.6. The van der Waals surface area contributed by atoms with Gasteiger partial charge < -0.3 is 47.7 Å². The Morgan fingerprint density at radius 2 is 0.915 bits per heavy atom. The van der Waals surface area contributed by atoms with Crippen molar-refractivity contribution in [2.45, 2.75) is 216 Å². The lowest BCUT2D eigenvalue weighted by Crippen LogP contribution is -2.33. The van der Waals surface area contributed by atoms with E-state index >= 15 is 0 Å². The summed E-state index contributed by atoms with van der Waals surface area (Å²) in [5.41, 5.74) is 0.737. The van der Waals surface area contributed by atoms with E-state index in [-0.39, 0.29) is 30.5 Å². The predicted octanol–water partition coefficient (Wildman–Crippen LogP) is 16.7. The zero-order valence-corrected chi connectivity index (χ0v) is 51.6. The number of aliphatic hydroxyl groups excluding tert-OH is 1. The number of methoxy groups -OCH3 is 1. The van der Waals surface area contributed by atoms with Crippen LogP contribution < -0.4 is 33.2 Å². The lowest BCUT2D eigenvalue weighted by Gasteiger charge is -2.30. The highest BCUT2D eigenvalue weighted by Gasteiger charge is 2.37. The van der Waals surface area contributed by atoms with Gasteiger partial charge in [-0.05, 0) is 120 Å². The molecule has 0 fully saturated rings. The van der Waals surface area contributed by atoms with Crippen molar-refractivity contribution in [3.63, 3.8) is 0 Å². The average molecular weight is 1140 g/mol. The Hall–Kier alpha value is -6.02. The average Bonchev–Trinajstić information content (AvgIpc) is 3.68. The van der Waals surface area contributed by atoms with Crippen LogP contribution in [0.15, 0.2) is 60.7 Å². The summed E-state index contributed by atoms with van der Waals surface area (Å²) < 4.78 is 55.1. The van der Waals surface area contributed by atoms with Gasteiger partial charge in [0.1, 0.15) is 17.6 Å². The number of benzene rings is 3. The number of unbranched alkanes of at least 4 members (excludes halogenated alkanes) is 15. The van der Waals surface area contributed by atoms with Crippen molar-refractivity contribution in [2.24, 2.45) is 11.3 Å². The summed E-state index contributed by atoms with van der Waals surface area (Å²) in [4.78, 5) is 53.5. The molecule has 0 heterocycles. The van der Waals surface area contributed by atoms with Crippen LogP contribution in [-0.2, 0) is 28.7 Å². The van der Waals surface area contributed by atoms with E-state index in [9.17, 15) is 24.3 Å². The van der Waals surface area contributed by atoms with Crippen LogP contribution in [0.3, 0.4) is 0 Å². The van der Waals surface area contributed by atoms with E-state index in [1.165, 1.54) is 19.3 Å². The third-order valence-electron chi connectivity index (χ3n) is 14.1. The fourth-order valence-corrected chi connectivity index (χ4v) is 9.18. The molecule has 3 aromatic carbocycles. The molecule has 14 nitrogen and oxygen atoms in total. The number of ether oxygens (including phenoxy) is 9. The molecule has 458 valence electrons. The number of aliphatic hydroxyl groups is 1. The van der Waals surface area contributed by atoms with E-state index in [4.69, 9.17) is 42.6 Å². The number of hydrogen-bond donors (Lipinski definition) is 1. The van der Waals surface area contributed by atoms with Crippen LogP contribution in [0.4, 0.5) is 0 Å². The standard InChI is InChI=1S/C68H102O14/c1-10-16-21-26-46-75-59-42-34-54(63(77-48-28-23-18-12-3)65(59)79-50-30-25-20-14-5)36-44-61(71)81-56-39-37-55(38-40-56)80-60(70)43-35-53-33-41-57(64(78-49-29-24-19-13-4)62(53)76-47-27-22-17-11-2)58(32-31-45-69)82-67(73)68(7,8)51-52(15-6)66(72)74-9/h33-44,52,58,69H,10-32,45-51H2,1-9H3/b43-35+,44-36+. The van der Waals surface area contributed by atoms with E-state index in [1.807, 2.05) is 25.1 Å². The maximum Gasteiger partial charge on any atom is 0.336 e. The summed E-state index contributed by atoms with van der Waals surface area (Å²) in [5.74, 6) is 0.339. The second-order valence-electron chi connectivity index (χ2n) is 21.7. The molecule has 3 aromatic rings. The molecule has 0 aliphatic heterocycles. The molecule has 0 saturated carbocycles. The molecule has 82 heavy (non-hydrogen) atoms. The van der Waals surface area contributed by atoms with Crippen molar-refractivity contribution in [1.29, 1.82) is 0 Å². The lowest BCUT2D eigenvalue weighted by atomic mass is 9.81. The topological polar surface area (TPSA) is 172 Å². The number of hydrogen-bond acceptors (Lipinski definition) is 14. The second kappa shape index (κ2) is 41.9. The number of rotatable bonds is 46. The largest absolute Gasteiger partial charge is 0.490 e. The molecule has 0 saturated heterocycles. The molecule has 0 aromatic heterocycles. The Balaban J connectivity index is 1.91. The molecule has 0 aliphatic carbocycles. The molecule has 0 radical (unpaired) electrons. The molecule has 3 rings (SSSR count). The first-order valence-corrected chi connectivity index (χ1v) is 31.1. The Bertz CT molecular complexity index is 2340. The fraction of sp³-hybridized carbons (Fsp3) is 0.618. The summed E-state index contributed by atoms with van der Waals surface area (Å²) in [5, 5.41) is 10.00. The maximum absolute atomic E-state index is 14.1. The Morgan fingerprint density at radius 3 is 1.34 bits per heavy atom. The minimum absolute atomic E-state index is 0.127. The highest BCUT2D eigenvalue weighted by molar-refractivity contribution is 5.90. The highest BCUT2D eigenvalue weighted by Crippen LogP contribution is 2.44. The SMILES string of the molecule is CCCCCCOc1ccc(/C=C/C(=O)Oc2ccc(OC(=O)/C=C/c3ccc(C(CCCO)OC(=O)C(C)(C)CC(CC)C(=O)OC)c(OCCCCCC)c3OCCCCCC)cc2)c(OCCCCCC)c1OCCCCCC. The van der Waals surface area contributed by atoms with Gasteiger partial charge in [-0.25, -0.2) is 9.59 Å². The van der Waals surface area contributed by atoms with Gasteiger partial charge in [-0.3, -0.25) is 9.59 Å².